The normalized spacial score (nSPS) is 15.9. The molecule has 0 radical (unpaired) electrons. The Kier molecular flexibility index (Phi) is 4.38. The molecule has 0 amide bonds. The number of hydrogen-bond donors (Lipinski definition) is 1. The maximum atomic E-state index is 5.95. The fourth-order valence-corrected chi connectivity index (χ4v) is 2.75. The molecule has 112 valence electrons. The van der Waals surface area contributed by atoms with Gasteiger partial charge < -0.3 is 15.2 Å². The lowest BCUT2D eigenvalue weighted by Gasteiger charge is -2.16. The number of anilines is 2. The van der Waals surface area contributed by atoms with Gasteiger partial charge in [0.15, 0.2) is 0 Å². The van der Waals surface area contributed by atoms with Gasteiger partial charge in [0.1, 0.15) is 0 Å². The molecule has 3 rings (SSSR count). The van der Waals surface area contributed by atoms with Crippen molar-refractivity contribution in [2.24, 2.45) is 0 Å². The van der Waals surface area contributed by atoms with Gasteiger partial charge in [-0.25, -0.2) is 0 Å². The number of hydrogen-bond acceptors (Lipinski definition) is 5. The summed E-state index contributed by atoms with van der Waals surface area (Å²) in [7, 11) is 0. The van der Waals surface area contributed by atoms with E-state index < -0.39 is 0 Å². The zero-order valence-electron chi connectivity index (χ0n) is 12.3. The molecule has 2 aromatic rings. The molecule has 1 aliphatic heterocycles. The van der Waals surface area contributed by atoms with Crippen LogP contribution in [0.2, 0.25) is 0 Å². The Morgan fingerprint density at radius 1 is 1.05 bits per heavy atom. The molecule has 1 saturated heterocycles. The quantitative estimate of drug-likeness (QED) is 0.875. The van der Waals surface area contributed by atoms with E-state index in [4.69, 9.17) is 10.3 Å². The first-order valence-corrected chi connectivity index (χ1v) is 7.74. The largest absolute Gasteiger partial charge is 0.399 e. The molecule has 0 atom stereocenters. The molecule has 0 aliphatic carbocycles. The summed E-state index contributed by atoms with van der Waals surface area (Å²) in [5.74, 6) is 1.44. The van der Waals surface area contributed by atoms with Gasteiger partial charge in [-0.2, -0.15) is 4.98 Å². The van der Waals surface area contributed by atoms with E-state index in [0.717, 1.165) is 43.1 Å². The maximum absolute atomic E-state index is 5.95. The Balaban J connectivity index is 1.61. The third-order valence-electron chi connectivity index (χ3n) is 4.01. The minimum atomic E-state index is 0.692. The van der Waals surface area contributed by atoms with Crippen molar-refractivity contribution < 1.29 is 4.52 Å². The van der Waals surface area contributed by atoms with Crippen molar-refractivity contribution >= 4 is 11.6 Å². The maximum Gasteiger partial charge on any atom is 0.266 e. The highest BCUT2D eigenvalue weighted by Gasteiger charge is 2.16. The summed E-state index contributed by atoms with van der Waals surface area (Å²) < 4.78 is 5.38. The van der Waals surface area contributed by atoms with Crippen LogP contribution in [0.5, 0.6) is 0 Å². The number of benzene rings is 1. The number of aromatic nitrogens is 2. The average molecular weight is 286 g/mol. The van der Waals surface area contributed by atoms with Crippen molar-refractivity contribution in [2.45, 2.75) is 38.5 Å². The molecule has 2 N–H and O–H groups in total. The minimum absolute atomic E-state index is 0.692. The van der Waals surface area contributed by atoms with Crippen molar-refractivity contribution in [1.82, 2.24) is 10.1 Å². The van der Waals surface area contributed by atoms with E-state index in [0.29, 0.717) is 5.89 Å². The van der Waals surface area contributed by atoms with E-state index in [-0.39, 0.29) is 0 Å². The number of nitrogens with two attached hydrogens (primary N) is 1. The van der Waals surface area contributed by atoms with Crippen molar-refractivity contribution in [3.05, 3.63) is 35.7 Å². The summed E-state index contributed by atoms with van der Waals surface area (Å²) in [5, 5.41) is 4.12. The number of para-hydroxylation sites is 1. The first-order chi connectivity index (χ1) is 10.3. The third-order valence-corrected chi connectivity index (χ3v) is 4.01. The van der Waals surface area contributed by atoms with Crippen LogP contribution in [0.1, 0.15) is 37.1 Å². The molecule has 2 heterocycles. The highest BCUT2D eigenvalue weighted by atomic mass is 16.5. The van der Waals surface area contributed by atoms with Crippen LogP contribution in [0.25, 0.3) is 0 Å². The van der Waals surface area contributed by atoms with Gasteiger partial charge in [-0.05, 0) is 36.0 Å². The molecular weight excluding hydrogens is 264 g/mol. The van der Waals surface area contributed by atoms with E-state index in [9.17, 15) is 0 Å². The molecule has 5 nitrogen and oxygen atoms in total. The number of nitrogens with zero attached hydrogens (tertiary/aromatic N) is 3. The molecule has 1 fully saturated rings. The van der Waals surface area contributed by atoms with Gasteiger partial charge in [-0.3, -0.25) is 0 Å². The standard InChI is InChI=1S/C16H22N4O/c17-14-8-4-3-7-13(14)9-10-15-18-16(19-21-15)20-11-5-1-2-6-12-20/h3-4,7-8H,1-2,5-6,9-12,17H2. The lowest BCUT2D eigenvalue weighted by Crippen LogP contribution is -2.24. The molecule has 0 saturated carbocycles. The Morgan fingerprint density at radius 2 is 1.81 bits per heavy atom. The van der Waals surface area contributed by atoms with E-state index in [1.54, 1.807) is 0 Å². The fraction of sp³-hybridized carbons (Fsp3) is 0.500. The molecule has 5 heteroatoms. The van der Waals surface area contributed by atoms with Gasteiger partial charge in [-0.1, -0.05) is 31.0 Å². The summed E-state index contributed by atoms with van der Waals surface area (Å²) in [4.78, 5) is 6.76. The second kappa shape index (κ2) is 6.61. The van der Waals surface area contributed by atoms with Gasteiger partial charge in [0.2, 0.25) is 5.89 Å². The van der Waals surface area contributed by atoms with Crippen LogP contribution < -0.4 is 10.6 Å². The predicted octanol–water partition coefficient (Wildman–Crippen LogP) is 2.82. The van der Waals surface area contributed by atoms with Crippen LogP contribution in [-0.2, 0) is 12.8 Å². The Morgan fingerprint density at radius 3 is 2.57 bits per heavy atom. The Hall–Kier alpha value is -2.04. The number of nitrogen functional groups attached to an aromatic ring is 1. The molecule has 1 aromatic heterocycles. The van der Waals surface area contributed by atoms with Gasteiger partial charge in [-0.15, -0.1) is 0 Å². The lowest BCUT2D eigenvalue weighted by atomic mass is 10.1. The van der Waals surface area contributed by atoms with E-state index >= 15 is 0 Å². The number of aryl methyl sites for hydroxylation is 2. The minimum Gasteiger partial charge on any atom is -0.399 e. The van der Waals surface area contributed by atoms with Gasteiger partial charge in [0.05, 0.1) is 0 Å². The monoisotopic (exact) mass is 286 g/mol. The van der Waals surface area contributed by atoms with Crippen LogP contribution in [0.3, 0.4) is 0 Å². The molecule has 0 unspecified atom stereocenters. The zero-order valence-corrected chi connectivity index (χ0v) is 12.3. The molecule has 1 aromatic carbocycles. The molecule has 0 spiro atoms. The van der Waals surface area contributed by atoms with Crippen LogP contribution >= 0.6 is 0 Å². The van der Waals surface area contributed by atoms with Crippen molar-refractivity contribution in [2.75, 3.05) is 23.7 Å². The second-order valence-electron chi connectivity index (χ2n) is 5.59. The molecule has 0 bridgehead atoms. The molecular formula is C16H22N4O. The van der Waals surface area contributed by atoms with E-state index in [1.807, 2.05) is 24.3 Å². The fourth-order valence-electron chi connectivity index (χ4n) is 2.75. The lowest BCUT2D eigenvalue weighted by molar-refractivity contribution is 0.377. The first kappa shape index (κ1) is 13.9. The summed E-state index contributed by atoms with van der Waals surface area (Å²) in [6.07, 6.45) is 6.58. The van der Waals surface area contributed by atoms with Gasteiger partial charge in [0.25, 0.3) is 5.95 Å². The smallest absolute Gasteiger partial charge is 0.266 e. The second-order valence-corrected chi connectivity index (χ2v) is 5.59. The Labute approximate surface area is 125 Å². The van der Waals surface area contributed by atoms with Gasteiger partial charge >= 0.3 is 0 Å². The predicted molar refractivity (Wildman–Crippen MR) is 83.2 cm³/mol. The summed E-state index contributed by atoms with van der Waals surface area (Å²) in [6, 6.07) is 7.92. The topological polar surface area (TPSA) is 68.2 Å². The molecule has 1 aliphatic rings. The third kappa shape index (κ3) is 3.54. The highest BCUT2D eigenvalue weighted by Crippen LogP contribution is 2.18. The SMILES string of the molecule is Nc1ccccc1CCc1nc(N2CCCCCC2)no1. The summed E-state index contributed by atoms with van der Waals surface area (Å²) >= 11 is 0. The average Bonchev–Trinajstić information content (AvgIpc) is 2.80. The van der Waals surface area contributed by atoms with Crippen molar-refractivity contribution in [1.29, 1.82) is 0 Å². The van der Waals surface area contributed by atoms with Gasteiger partial charge in [0, 0.05) is 25.2 Å². The summed E-state index contributed by atoms with van der Waals surface area (Å²) in [6.45, 7) is 2.06. The van der Waals surface area contributed by atoms with Crippen molar-refractivity contribution in [3.8, 4) is 0 Å². The van der Waals surface area contributed by atoms with E-state index in [2.05, 4.69) is 15.0 Å². The van der Waals surface area contributed by atoms with Crippen molar-refractivity contribution in [3.63, 3.8) is 0 Å². The first-order valence-electron chi connectivity index (χ1n) is 7.74. The van der Waals surface area contributed by atoms with Crippen LogP contribution in [0.4, 0.5) is 11.6 Å². The van der Waals surface area contributed by atoms with Crippen LogP contribution in [-0.4, -0.2) is 23.2 Å². The van der Waals surface area contributed by atoms with Crippen LogP contribution in [0.15, 0.2) is 28.8 Å². The Bertz CT molecular complexity index is 573. The highest BCUT2D eigenvalue weighted by molar-refractivity contribution is 5.46. The zero-order chi connectivity index (χ0) is 14.5. The van der Waals surface area contributed by atoms with Crippen LogP contribution in [0, 0.1) is 0 Å². The summed E-state index contributed by atoms with van der Waals surface area (Å²) in [5.41, 5.74) is 7.90. The number of rotatable bonds is 4. The van der Waals surface area contributed by atoms with E-state index in [1.165, 1.54) is 25.7 Å². The molecule has 21 heavy (non-hydrogen) atoms.